The molecule has 2 unspecified atom stereocenters. The van der Waals surface area contributed by atoms with E-state index < -0.39 is 0 Å². The van der Waals surface area contributed by atoms with Gasteiger partial charge in [0.25, 0.3) is 5.91 Å². The van der Waals surface area contributed by atoms with Crippen molar-refractivity contribution in [1.82, 2.24) is 4.90 Å². The van der Waals surface area contributed by atoms with Crippen molar-refractivity contribution in [2.24, 2.45) is 11.7 Å². The molecule has 0 aliphatic carbocycles. The Kier molecular flexibility index (Phi) is 3.03. The van der Waals surface area contributed by atoms with Crippen molar-refractivity contribution < 1.29 is 9.21 Å². The number of nitrogens with zero attached hydrogens (tertiary/aromatic N) is 1. The van der Waals surface area contributed by atoms with Crippen LogP contribution in [0, 0.1) is 5.92 Å². The Morgan fingerprint density at radius 2 is 2.26 bits per heavy atom. The second-order valence-electron chi connectivity index (χ2n) is 5.31. The molecule has 0 radical (unpaired) electrons. The van der Waals surface area contributed by atoms with Gasteiger partial charge in [0.15, 0.2) is 5.76 Å². The van der Waals surface area contributed by atoms with Crippen LogP contribution in [0.15, 0.2) is 34.7 Å². The van der Waals surface area contributed by atoms with E-state index in [1.165, 1.54) is 0 Å². The minimum Gasteiger partial charge on any atom is -0.451 e. The predicted octanol–water partition coefficient (Wildman–Crippen LogP) is 2.24. The van der Waals surface area contributed by atoms with E-state index in [1.807, 2.05) is 42.2 Å². The van der Waals surface area contributed by atoms with Crippen LogP contribution in [0.2, 0.25) is 0 Å². The summed E-state index contributed by atoms with van der Waals surface area (Å²) in [6.07, 6.45) is 0.976. The van der Waals surface area contributed by atoms with Crippen LogP contribution >= 0.6 is 0 Å². The molecule has 2 N–H and O–H groups in total. The van der Waals surface area contributed by atoms with Gasteiger partial charge < -0.3 is 15.1 Å². The quantitative estimate of drug-likeness (QED) is 0.898. The number of amides is 1. The highest BCUT2D eigenvalue weighted by atomic mass is 16.3. The molecule has 2 atom stereocenters. The molecule has 2 heterocycles. The third kappa shape index (κ3) is 2.24. The number of benzene rings is 1. The van der Waals surface area contributed by atoms with E-state index in [2.05, 4.69) is 0 Å². The number of hydrogen-bond donors (Lipinski definition) is 1. The second-order valence-corrected chi connectivity index (χ2v) is 5.31. The van der Waals surface area contributed by atoms with E-state index in [0.29, 0.717) is 11.7 Å². The first-order chi connectivity index (χ1) is 9.15. The van der Waals surface area contributed by atoms with Crippen molar-refractivity contribution in [2.45, 2.75) is 19.4 Å². The average Bonchev–Trinajstić information content (AvgIpc) is 3.04. The molecule has 1 aromatic heterocycles. The average molecular weight is 258 g/mol. The maximum atomic E-state index is 12.4. The van der Waals surface area contributed by atoms with Crippen LogP contribution in [0.5, 0.6) is 0 Å². The maximum Gasteiger partial charge on any atom is 0.289 e. The fourth-order valence-corrected chi connectivity index (χ4v) is 2.64. The number of furan rings is 1. The Labute approximate surface area is 112 Å². The van der Waals surface area contributed by atoms with Gasteiger partial charge in [-0.25, -0.2) is 0 Å². The Bertz CT molecular complexity index is 570. The number of carbonyl (C=O) groups excluding carboxylic acids is 1. The summed E-state index contributed by atoms with van der Waals surface area (Å²) in [7, 11) is 0. The van der Waals surface area contributed by atoms with Gasteiger partial charge in [-0.05, 0) is 31.4 Å². The highest BCUT2D eigenvalue weighted by Gasteiger charge is 2.30. The highest BCUT2D eigenvalue weighted by Crippen LogP contribution is 2.24. The molecule has 0 spiro atoms. The van der Waals surface area contributed by atoms with Crippen LogP contribution in [0.4, 0.5) is 0 Å². The lowest BCUT2D eigenvalue weighted by molar-refractivity contribution is 0.0757. The molecule has 1 fully saturated rings. The van der Waals surface area contributed by atoms with E-state index >= 15 is 0 Å². The molecular formula is C15H18N2O2. The number of nitrogens with two attached hydrogens (primary N) is 1. The van der Waals surface area contributed by atoms with E-state index in [0.717, 1.165) is 30.5 Å². The van der Waals surface area contributed by atoms with Gasteiger partial charge in [0.1, 0.15) is 5.58 Å². The first-order valence-electron chi connectivity index (χ1n) is 6.68. The van der Waals surface area contributed by atoms with Crippen LogP contribution in [0.3, 0.4) is 0 Å². The second kappa shape index (κ2) is 4.70. The Hall–Kier alpha value is -1.81. The molecule has 1 amide bonds. The molecule has 3 rings (SSSR count). The number of fused-ring (bicyclic) bond motifs is 1. The molecule has 1 aliphatic heterocycles. The molecule has 0 bridgehead atoms. The van der Waals surface area contributed by atoms with Gasteiger partial charge in [-0.1, -0.05) is 18.2 Å². The summed E-state index contributed by atoms with van der Waals surface area (Å²) in [4.78, 5) is 14.2. The minimum absolute atomic E-state index is 0.0284. The summed E-state index contributed by atoms with van der Waals surface area (Å²) in [6, 6.07) is 9.62. The Morgan fingerprint density at radius 3 is 2.95 bits per heavy atom. The maximum absolute atomic E-state index is 12.4. The largest absolute Gasteiger partial charge is 0.451 e. The van der Waals surface area contributed by atoms with Gasteiger partial charge >= 0.3 is 0 Å². The number of likely N-dealkylation sites (tertiary alicyclic amines) is 1. The smallest absolute Gasteiger partial charge is 0.289 e. The fraction of sp³-hybridized carbons (Fsp3) is 0.400. The number of carbonyl (C=O) groups is 1. The lowest BCUT2D eigenvalue weighted by atomic mass is 10.0. The minimum atomic E-state index is -0.0284. The van der Waals surface area contributed by atoms with Gasteiger partial charge in [0.2, 0.25) is 0 Å². The fourth-order valence-electron chi connectivity index (χ4n) is 2.64. The monoisotopic (exact) mass is 258 g/mol. The van der Waals surface area contributed by atoms with Crippen LogP contribution < -0.4 is 5.73 Å². The molecule has 1 aliphatic rings. The SMILES string of the molecule is CC(N)C1CCN(C(=O)c2cc3ccccc3o2)C1. The number of rotatable bonds is 2. The summed E-state index contributed by atoms with van der Waals surface area (Å²) in [6.45, 7) is 3.50. The summed E-state index contributed by atoms with van der Waals surface area (Å²) in [5, 5.41) is 0.966. The standard InChI is InChI=1S/C15H18N2O2/c1-10(16)12-6-7-17(9-12)15(18)14-8-11-4-2-3-5-13(11)19-14/h2-5,8,10,12H,6-7,9,16H2,1H3. The third-order valence-electron chi connectivity index (χ3n) is 3.89. The van der Waals surface area contributed by atoms with E-state index in [4.69, 9.17) is 10.2 Å². The molecule has 100 valence electrons. The molecule has 1 aromatic carbocycles. The van der Waals surface area contributed by atoms with Crippen molar-refractivity contribution in [3.63, 3.8) is 0 Å². The van der Waals surface area contributed by atoms with Gasteiger partial charge in [0.05, 0.1) is 0 Å². The molecular weight excluding hydrogens is 240 g/mol. The van der Waals surface area contributed by atoms with Gasteiger partial charge in [-0.15, -0.1) is 0 Å². The summed E-state index contributed by atoms with van der Waals surface area (Å²) in [5.74, 6) is 0.791. The van der Waals surface area contributed by atoms with Crippen LogP contribution in [0.25, 0.3) is 11.0 Å². The Morgan fingerprint density at radius 1 is 1.47 bits per heavy atom. The van der Waals surface area contributed by atoms with Crippen molar-refractivity contribution in [3.8, 4) is 0 Å². The molecule has 4 heteroatoms. The summed E-state index contributed by atoms with van der Waals surface area (Å²) >= 11 is 0. The van der Waals surface area contributed by atoms with Gasteiger partial charge in [-0.3, -0.25) is 4.79 Å². The van der Waals surface area contributed by atoms with Crippen LogP contribution in [-0.2, 0) is 0 Å². The van der Waals surface area contributed by atoms with E-state index in [-0.39, 0.29) is 11.9 Å². The molecule has 1 saturated heterocycles. The third-order valence-corrected chi connectivity index (χ3v) is 3.89. The topological polar surface area (TPSA) is 59.5 Å². The zero-order valence-corrected chi connectivity index (χ0v) is 11.0. The van der Waals surface area contributed by atoms with Crippen LogP contribution in [0.1, 0.15) is 23.9 Å². The Balaban J connectivity index is 1.80. The molecule has 0 saturated carbocycles. The lowest BCUT2D eigenvalue weighted by Crippen LogP contribution is -2.32. The van der Waals surface area contributed by atoms with Crippen LogP contribution in [-0.4, -0.2) is 29.9 Å². The van der Waals surface area contributed by atoms with Crippen molar-refractivity contribution in [2.75, 3.05) is 13.1 Å². The van der Waals surface area contributed by atoms with Crippen molar-refractivity contribution in [1.29, 1.82) is 0 Å². The van der Waals surface area contributed by atoms with E-state index in [9.17, 15) is 4.79 Å². The number of hydrogen-bond acceptors (Lipinski definition) is 3. The van der Waals surface area contributed by atoms with Gasteiger partial charge in [0, 0.05) is 24.5 Å². The lowest BCUT2D eigenvalue weighted by Gasteiger charge is -2.16. The molecule has 19 heavy (non-hydrogen) atoms. The first-order valence-corrected chi connectivity index (χ1v) is 6.68. The van der Waals surface area contributed by atoms with E-state index in [1.54, 1.807) is 0 Å². The highest BCUT2D eigenvalue weighted by molar-refractivity contribution is 5.96. The number of para-hydroxylation sites is 1. The zero-order valence-electron chi connectivity index (χ0n) is 11.0. The molecule has 2 aromatic rings. The van der Waals surface area contributed by atoms with Gasteiger partial charge in [-0.2, -0.15) is 0 Å². The predicted molar refractivity (Wildman–Crippen MR) is 73.9 cm³/mol. The molecule has 4 nitrogen and oxygen atoms in total. The summed E-state index contributed by atoms with van der Waals surface area (Å²) in [5.41, 5.74) is 6.66. The normalized spacial score (nSPS) is 20.9. The van der Waals surface area contributed by atoms with Crippen molar-refractivity contribution >= 4 is 16.9 Å². The zero-order chi connectivity index (χ0) is 13.4. The summed E-state index contributed by atoms with van der Waals surface area (Å²) < 4.78 is 5.62. The first kappa shape index (κ1) is 12.2. The van der Waals surface area contributed by atoms with Crippen molar-refractivity contribution in [3.05, 3.63) is 36.1 Å².